The number of hydrogen-bond acceptors (Lipinski definition) is 12. The molecular weight excluding hydrogens is 857 g/mol. The van der Waals surface area contributed by atoms with Gasteiger partial charge in [-0.3, -0.25) is 9.67 Å². The van der Waals surface area contributed by atoms with Gasteiger partial charge in [-0.2, -0.15) is 23.1 Å². The number of nitrogens with zero attached hydrogens (tertiary/aromatic N) is 14. The van der Waals surface area contributed by atoms with E-state index in [0.29, 0.717) is 55.4 Å². The van der Waals surface area contributed by atoms with Crippen LogP contribution in [0.5, 0.6) is 0 Å². The van der Waals surface area contributed by atoms with Crippen molar-refractivity contribution in [2.24, 2.45) is 0 Å². The monoisotopic (exact) mass is 895 g/mol. The third-order valence-electron chi connectivity index (χ3n) is 11.2. The van der Waals surface area contributed by atoms with Crippen LogP contribution < -0.4 is 9.87 Å². The van der Waals surface area contributed by atoms with Crippen molar-refractivity contribution in [2.45, 2.75) is 38.0 Å². The number of rotatable bonds is 11. The Kier molecular flexibility index (Phi) is 9.65. The van der Waals surface area contributed by atoms with Gasteiger partial charge in [-0.15, -0.1) is 10.2 Å². The standard InChI is InChI=1S/C44H39F2N14O2P2/c1-43(2,59-41-39(53-55-59)49-24-37(52-41)31-22-50-58(25-31)27-63(3,4)61)32-13-17-38-30(21-32)9-7-19-57(38)26-64(5,62)34-14-10-28(11-15-34)36-23-48-40-42(51-36)60(56-54-40)44(45,46)33-12-16-35-29(20-33)8-6-18-47-35/h6-25H,26-27H2,1-5H3/q+1. The number of benzene rings is 3. The molecule has 0 radical (unpaired) electrons. The highest BCUT2D eigenvalue weighted by atomic mass is 31.2. The SMILES string of the molecule is CC(C)(c1ccc2c(ccc[n+]2CP(C)(=O)c2ccc(-c3cnc4nnn(C(F)(F)c5ccc6ncccc6c5)c4n3)cc2)c1)n1nnc2ncc(-c3cnn(CP(C)(C)=O)c3)nc21. The summed E-state index contributed by atoms with van der Waals surface area (Å²) in [5.74, 6) is 0. The molecule has 10 aromatic rings. The third-order valence-corrected chi connectivity index (χ3v) is 14.4. The number of pyridine rings is 2. The topological polar surface area (TPSA) is 182 Å². The van der Waals surface area contributed by atoms with Gasteiger partial charge >= 0.3 is 6.05 Å². The van der Waals surface area contributed by atoms with Crippen LogP contribution in [0.2, 0.25) is 0 Å². The van der Waals surface area contributed by atoms with E-state index in [9.17, 15) is 9.13 Å². The Balaban J connectivity index is 0.893. The molecule has 1 unspecified atom stereocenters. The van der Waals surface area contributed by atoms with Crippen LogP contribution in [0.25, 0.3) is 66.9 Å². The number of halogens is 2. The van der Waals surface area contributed by atoms with Crippen LogP contribution in [-0.2, 0) is 33.3 Å². The molecule has 7 heterocycles. The number of alkyl halides is 2. The molecule has 0 fully saturated rings. The molecule has 10 rings (SSSR count). The van der Waals surface area contributed by atoms with Gasteiger partial charge in [0.1, 0.15) is 7.14 Å². The lowest BCUT2D eigenvalue weighted by molar-refractivity contribution is -0.651. The third kappa shape index (κ3) is 7.41. The number of fused-ring (bicyclic) bond motifs is 4. The normalized spacial score (nSPS) is 13.6. The van der Waals surface area contributed by atoms with Crippen LogP contribution >= 0.6 is 14.3 Å². The lowest BCUT2D eigenvalue weighted by Gasteiger charge is -2.25. The molecule has 7 aromatic heterocycles. The summed E-state index contributed by atoms with van der Waals surface area (Å²) in [5, 5.41) is 22.9. The van der Waals surface area contributed by atoms with E-state index in [1.165, 1.54) is 24.4 Å². The summed E-state index contributed by atoms with van der Waals surface area (Å²) >= 11 is 0. The van der Waals surface area contributed by atoms with Crippen LogP contribution in [0.15, 0.2) is 122 Å². The van der Waals surface area contributed by atoms with Gasteiger partial charge in [0.25, 0.3) is 0 Å². The molecule has 0 aliphatic carbocycles. The van der Waals surface area contributed by atoms with Crippen molar-refractivity contribution in [1.82, 2.24) is 64.7 Å². The minimum Gasteiger partial charge on any atom is -0.322 e. The highest BCUT2D eigenvalue weighted by Crippen LogP contribution is 2.41. The van der Waals surface area contributed by atoms with E-state index in [1.54, 1.807) is 84.3 Å². The van der Waals surface area contributed by atoms with E-state index < -0.39 is 25.9 Å². The minimum atomic E-state index is -3.58. The van der Waals surface area contributed by atoms with Crippen molar-refractivity contribution in [3.05, 3.63) is 133 Å². The zero-order valence-corrected chi connectivity index (χ0v) is 37.0. The Hall–Kier alpha value is -7.03. The van der Waals surface area contributed by atoms with Gasteiger partial charge < -0.3 is 9.13 Å². The first-order chi connectivity index (χ1) is 30.5. The lowest BCUT2D eigenvalue weighted by atomic mass is 9.93. The van der Waals surface area contributed by atoms with E-state index in [4.69, 9.17) is 4.98 Å². The average Bonchev–Trinajstić information content (AvgIpc) is 4.04. The van der Waals surface area contributed by atoms with Gasteiger partial charge in [0, 0.05) is 57.3 Å². The molecule has 0 saturated carbocycles. The zero-order valence-electron chi connectivity index (χ0n) is 35.2. The number of aromatic nitrogens is 14. The summed E-state index contributed by atoms with van der Waals surface area (Å²) in [7, 11) is -5.34. The predicted molar refractivity (Wildman–Crippen MR) is 239 cm³/mol. The van der Waals surface area contributed by atoms with E-state index in [1.807, 2.05) is 55.1 Å². The Labute approximate surface area is 363 Å². The molecule has 1 atom stereocenters. The van der Waals surface area contributed by atoms with Gasteiger partial charge in [-0.1, -0.05) is 40.8 Å². The maximum absolute atomic E-state index is 16.0. The second-order valence-corrected chi connectivity index (χ2v) is 23.3. The highest BCUT2D eigenvalue weighted by Gasteiger charge is 2.38. The van der Waals surface area contributed by atoms with Gasteiger partial charge in [0.2, 0.25) is 28.7 Å². The molecule has 16 nitrogen and oxygen atoms in total. The smallest absolute Gasteiger partial charge is 0.322 e. The van der Waals surface area contributed by atoms with E-state index >= 15 is 8.78 Å². The van der Waals surface area contributed by atoms with Gasteiger partial charge in [-0.25, -0.2) is 24.6 Å². The molecule has 0 aliphatic rings. The van der Waals surface area contributed by atoms with Crippen molar-refractivity contribution < 1.29 is 22.5 Å². The molecule has 0 aliphatic heterocycles. The highest BCUT2D eigenvalue weighted by molar-refractivity contribution is 7.69. The molecule has 3 aromatic carbocycles. The molecule has 0 saturated heterocycles. The molecular formula is C44H39F2N14O2P2+. The molecule has 0 bridgehead atoms. The Morgan fingerprint density at radius 2 is 1.36 bits per heavy atom. The van der Waals surface area contributed by atoms with Gasteiger partial charge in [0.05, 0.1) is 47.3 Å². The van der Waals surface area contributed by atoms with Crippen molar-refractivity contribution in [3.8, 4) is 22.5 Å². The second-order valence-electron chi connectivity index (χ2n) is 16.8. The second kappa shape index (κ2) is 15.1. The fraction of sp³-hybridized carbons (Fsp3) is 0.205. The summed E-state index contributed by atoms with van der Waals surface area (Å²) in [6.45, 7) is 9.26. The van der Waals surface area contributed by atoms with Crippen LogP contribution in [0, 0.1) is 0 Å². The number of hydrogen-bond donors (Lipinski definition) is 0. The van der Waals surface area contributed by atoms with Crippen molar-refractivity contribution >= 4 is 64.0 Å². The van der Waals surface area contributed by atoms with Crippen LogP contribution in [-0.4, -0.2) is 84.7 Å². The fourth-order valence-corrected chi connectivity index (χ4v) is 10.4. The van der Waals surface area contributed by atoms with E-state index in [-0.39, 0.29) is 23.1 Å². The maximum atomic E-state index is 16.0. The first-order valence-corrected chi connectivity index (χ1v) is 25.2. The van der Waals surface area contributed by atoms with Crippen molar-refractivity contribution in [3.63, 3.8) is 0 Å². The Morgan fingerprint density at radius 1 is 0.703 bits per heavy atom. The van der Waals surface area contributed by atoms with Crippen LogP contribution in [0.1, 0.15) is 25.0 Å². The van der Waals surface area contributed by atoms with Crippen molar-refractivity contribution in [1.29, 1.82) is 0 Å². The molecule has 320 valence electrons. The lowest BCUT2D eigenvalue weighted by Crippen LogP contribution is -2.36. The fourth-order valence-electron chi connectivity index (χ4n) is 7.81. The minimum absolute atomic E-state index is 0.0252. The summed E-state index contributed by atoms with van der Waals surface area (Å²) in [5.41, 5.74) is 4.37. The summed E-state index contributed by atoms with van der Waals surface area (Å²) in [4.78, 5) is 22.4. The summed E-state index contributed by atoms with van der Waals surface area (Å²) < 4.78 is 64.7. The van der Waals surface area contributed by atoms with E-state index in [2.05, 4.69) is 51.7 Å². The molecule has 0 N–H and O–H groups in total. The zero-order chi connectivity index (χ0) is 44.6. The summed E-state index contributed by atoms with van der Waals surface area (Å²) in [6, 6.07) is 21.2. The summed E-state index contributed by atoms with van der Waals surface area (Å²) in [6.07, 6.45) is 10.6. The quantitative estimate of drug-likeness (QED) is 0.0922. The Morgan fingerprint density at radius 3 is 2.09 bits per heavy atom. The predicted octanol–water partition coefficient (Wildman–Crippen LogP) is 7.51. The maximum Gasteiger partial charge on any atom is 0.373 e. The molecule has 0 amide bonds. The van der Waals surface area contributed by atoms with Gasteiger partial charge in [-0.05, 0) is 81.9 Å². The van der Waals surface area contributed by atoms with Crippen LogP contribution in [0.4, 0.5) is 8.78 Å². The Bertz CT molecular complexity index is 3550. The molecule has 64 heavy (non-hydrogen) atoms. The molecule has 0 spiro atoms. The van der Waals surface area contributed by atoms with Crippen LogP contribution in [0.3, 0.4) is 0 Å². The largest absolute Gasteiger partial charge is 0.373 e. The molecule has 20 heteroatoms. The van der Waals surface area contributed by atoms with Gasteiger partial charge in [0.15, 0.2) is 19.0 Å². The van der Waals surface area contributed by atoms with Crippen molar-refractivity contribution in [2.75, 3.05) is 20.0 Å². The van der Waals surface area contributed by atoms with E-state index in [0.717, 1.165) is 22.0 Å². The average molecular weight is 896 g/mol. The first-order valence-electron chi connectivity index (χ1n) is 20.1. The first kappa shape index (κ1) is 41.0.